The molecule has 3 rings (SSSR count). The number of hydrogen-bond acceptors (Lipinski definition) is 3. The molecule has 1 N–H and O–H groups in total. The van der Waals surface area contributed by atoms with E-state index in [9.17, 15) is 4.79 Å². The van der Waals surface area contributed by atoms with Crippen molar-refractivity contribution < 1.29 is 9.53 Å². The van der Waals surface area contributed by atoms with Crippen LogP contribution in [0.4, 0.5) is 4.79 Å². The molecule has 0 saturated carbocycles. The zero-order chi connectivity index (χ0) is 16.8. The van der Waals surface area contributed by atoms with Gasteiger partial charge in [-0.1, -0.05) is 55.5 Å². The highest BCUT2D eigenvalue weighted by molar-refractivity contribution is 5.68. The highest BCUT2D eigenvalue weighted by Crippen LogP contribution is 2.23. The number of nitrogens with one attached hydrogen (secondary N) is 1. The molecule has 0 aliphatic carbocycles. The summed E-state index contributed by atoms with van der Waals surface area (Å²) in [6, 6.07) is 16.2. The molecule has 0 bridgehead atoms. The number of ether oxygens (including phenoxy) is 1. The first-order valence-corrected chi connectivity index (χ1v) is 8.54. The van der Waals surface area contributed by atoms with Crippen molar-refractivity contribution in [2.75, 3.05) is 13.1 Å². The molecule has 0 aromatic heterocycles. The Morgan fingerprint density at radius 2 is 2.00 bits per heavy atom. The van der Waals surface area contributed by atoms with Crippen LogP contribution in [-0.2, 0) is 30.9 Å². The molecule has 0 spiro atoms. The Labute approximate surface area is 143 Å². The standard InChI is InChI=1S/C20H24N2O2/c1-2-21-13-18-10-6-9-17-11-12-22(14-19(17)18)20(23)24-15-16-7-4-3-5-8-16/h3-10,21H,2,11-15H2,1H3. The molecule has 0 fully saturated rings. The first-order valence-electron chi connectivity index (χ1n) is 8.54. The fourth-order valence-electron chi connectivity index (χ4n) is 3.04. The van der Waals surface area contributed by atoms with Crippen LogP contribution in [-0.4, -0.2) is 24.1 Å². The molecule has 0 saturated heterocycles. The van der Waals surface area contributed by atoms with E-state index < -0.39 is 0 Å². The predicted octanol–water partition coefficient (Wildman–Crippen LogP) is 3.49. The van der Waals surface area contributed by atoms with Crippen LogP contribution in [0.5, 0.6) is 0 Å². The van der Waals surface area contributed by atoms with Crippen molar-refractivity contribution in [2.45, 2.75) is 33.0 Å². The highest BCUT2D eigenvalue weighted by Gasteiger charge is 2.23. The number of carbonyl (C=O) groups is 1. The van der Waals surface area contributed by atoms with Crippen LogP contribution in [0.2, 0.25) is 0 Å². The lowest BCUT2D eigenvalue weighted by molar-refractivity contribution is 0.0917. The summed E-state index contributed by atoms with van der Waals surface area (Å²) in [5.41, 5.74) is 4.89. The molecular formula is C20H24N2O2. The minimum atomic E-state index is -0.234. The lowest BCUT2D eigenvalue weighted by Gasteiger charge is -2.29. The van der Waals surface area contributed by atoms with Crippen LogP contribution in [0.15, 0.2) is 48.5 Å². The van der Waals surface area contributed by atoms with Gasteiger partial charge in [0.2, 0.25) is 0 Å². The van der Waals surface area contributed by atoms with E-state index in [0.29, 0.717) is 19.7 Å². The molecule has 1 aliphatic heterocycles. The Kier molecular flexibility index (Phi) is 5.49. The minimum absolute atomic E-state index is 0.234. The Morgan fingerprint density at radius 1 is 1.17 bits per heavy atom. The lowest BCUT2D eigenvalue weighted by Crippen LogP contribution is -2.37. The SMILES string of the molecule is CCNCc1cccc2c1CN(C(=O)OCc1ccccc1)CC2. The molecule has 4 heteroatoms. The molecule has 1 aliphatic rings. The number of rotatable bonds is 5. The fourth-order valence-corrected chi connectivity index (χ4v) is 3.04. The summed E-state index contributed by atoms with van der Waals surface area (Å²) in [5, 5.41) is 3.37. The minimum Gasteiger partial charge on any atom is -0.445 e. The van der Waals surface area contributed by atoms with Crippen molar-refractivity contribution in [1.29, 1.82) is 0 Å². The van der Waals surface area contributed by atoms with Gasteiger partial charge in [-0.2, -0.15) is 0 Å². The molecule has 126 valence electrons. The Bertz CT molecular complexity index is 685. The van der Waals surface area contributed by atoms with Gasteiger partial charge in [-0.15, -0.1) is 0 Å². The third-order valence-electron chi connectivity index (χ3n) is 4.40. The summed E-state index contributed by atoms with van der Waals surface area (Å²) < 4.78 is 5.47. The smallest absolute Gasteiger partial charge is 0.410 e. The van der Waals surface area contributed by atoms with E-state index in [2.05, 4.69) is 30.4 Å². The summed E-state index contributed by atoms with van der Waals surface area (Å²) in [4.78, 5) is 14.2. The van der Waals surface area contributed by atoms with Gasteiger partial charge in [0.1, 0.15) is 6.61 Å². The number of fused-ring (bicyclic) bond motifs is 1. The second-order valence-corrected chi connectivity index (χ2v) is 6.05. The predicted molar refractivity (Wildman–Crippen MR) is 94.6 cm³/mol. The molecule has 24 heavy (non-hydrogen) atoms. The number of carbonyl (C=O) groups excluding carboxylic acids is 1. The highest BCUT2D eigenvalue weighted by atomic mass is 16.6. The quantitative estimate of drug-likeness (QED) is 0.915. The average molecular weight is 324 g/mol. The molecule has 2 aromatic carbocycles. The first-order chi connectivity index (χ1) is 11.8. The van der Waals surface area contributed by atoms with Crippen LogP contribution < -0.4 is 5.32 Å². The van der Waals surface area contributed by atoms with Gasteiger partial charge in [0.25, 0.3) is 0 Å². The molecule has 2 aromatic rings. The summed E-state index contributed by atoms with van der Waals surface area (Å²) in [6.45, 7) is 5.54. The van der Waals surface area contributed by atoms with Crippen molar-refractivity contribution in [3.63, 3.8) is 0 Å². The van der Waals surface area contributed by atoms with Crippen LogP contribution in [0.25, 0.3) is 0 Å². The molecule has 0 unspecified atom stereocenters. The third-order valence-corrected chi connectivity index (χ3v) is 4.40. The van der Waals surface area contributed by atoms with E-state index in [4.69, 9.17) is 4.74 Å². The number of nitrogens with zero attached hydrogens (tertiary/aromatic N) is 1. The van der Waals surface area contributed by atoms with Gasteiger partial charge < -0.3 is 15.0 Å². The zero-order valence-electron chi connectivity index (χ0n) is 14.1. The maximum Gasteiger partial charge on any atom is 0.410 e. The topological polar surface area (TPSA) is 41.6 Å². The van der Waals surface area contributed by atoms with Gasteiger partial charge in [-0.3, -0.25) is 0 Å². The van der Waals surface area contributed by atoms with E-state index in [1.165, 1.54) is 16.7 Å². The molecule has 1 amide bonds. The summed E-state index contributed by atoms with van der Waals surface area (Å²) >= 11 is 0. The molecule has 0 radical (unpaired) electrons. The molecule has 1 heterocycles. The van der Waals surface area contributed by atoms with Crippen LogP contribution in [0.1, 0.15) is 29.2 Å². The zero-order valence-corrected chi connectivity index (χ0v) is 14.1. The van der Waals surface area contributed by atoms with Crippen molar-refractivity contribution in [1.82, 2.24) is 10.2 Å². The Balaban J connectivity index is 1.64. The van der Waals surface area contributed by atoms with E-state index in [-0.39, 0.29) is 6.09 Å². The largest absolute Gasteiger partial charge is 0.445 e. The Hall–Kier alpha value is -2.33. The normalized spacial score (nSPS) is 13.5. The van der Waals surface area contributed by atoms with E-state index >= 15 is 0 Å². The Morgan fingerprint density at radius 3 is 2.79 bits per heavy atom. The summed E-state index contributed by atoms with van der Waals surface area (Å²) in [7, 11) is 0. The van der Waals surface area contributed by atoms with Gasteiger partial charge >= 0.3 is 6.09 Å². The van der Waals surface area contributed by atoms with Crippen molar-refractivity contribution in [3.8, 4) is 0 Å². The van der Waals surface area contributed by atoms with Crippen molar-refractivity contribution >= 4 is 6.09 Å². The van der Waals surface area contributed by atoms with E-state index in [0.717, 1.165) is 25.1 Å². The molecule has 4 nitrogen and oxygen atoms in total. The summed E-state index contributed by atoms with van der Waals surface area (Å²) in [6.07, 6.45) is 0.651. The van der Waals surface area contributed by atoms with Crippen molar-refractivity contribution in [2.24, 2.45) is 0 Å². The molecule has 0 atom stereocenters. The first kappa shape index (κ1) is 16.5. The number of amides is 1. The van der Waals surface area contributed by atoms with Crippen LogP contribution >= 0.6 is 0 Å². The van der Waals surface area contributed by atoms with Gasteiger partial charge in [-0.25, -0.2) is 4.79 Å². The van der Waals surface area contributed by atoms with Crippen LogP contribution in [0.3, 0.4) is 0 Å². The van der Waals surface area contributed by atoms with Crippen LogP contribution in [0, 0.1) is 0 Å². The second-order valence-electron chi connectivity index (χ2n) is 6.05. The maximum absolute atomic E-state index is 12.4. The second kappa shape index (κ2) is 7.97. The van der Waals surface area contributed by atoms with Gasteiger partial charge in [0.05, 0.1) is 0 Å². The van der Waals surface area contributed by atoms with Crippen molar-refractivity contribution in [3.05, 3.63) is 70.8 Å². The molecular weight excluding hydrogens is 300 g/mol. The summed E-state index contributed by atoms with van der Waals surface area (Å²) in [5.74, 6) is 0. The number of benzene rings is 2. The maximum atomic E-state index is 12.4. The average Bonchev–Trinajstić information content (AvgIpc) is 2.64. The van der Waals surface area contributed by atoms with E-state index in [1.807, 2.05) is 30.3 Å². The van der Waals surface area contributed by atoms with E-state index in [1.54, 1.807) is 4.90 Å². The third kappa shape index (κ3) is 3.95. The number of hydrogen-bond donors (Lipinski definition) is 1. The fraction of sp³-hybridized carbons (Fsp3) is 0.350. The van der Waals surface area contributed by atoms with Gasteiger partial charge in [0.15, 0.2) is 0 Å². The lowest BCUT2D eigenvalue weighted by atomic mass is 9.95. The van der Waals surface area contributed by atoms with Gasteiger partial charge in [0, 0.05) is 19.6 Å². The monoisotopic (exact) mass is 324 g/mol. The van der Waals surface area contributed by atoms with Gasteiger partial charge in [-0.05, 0) is 35.2 Å².